The van der Waals surface area contributed by atoms with Crippen LogP contribution in [0.4, 0.5) is 5.95 Å². The second kappa shape index (κ2) is 7.96. The molecule has 146 valence electrons. The highest BCUT2D eigenvalue weighted by atomic mass is 16.5. The molecule has 27 heavy (non-hydrogen) atoms. The summed E-state index contributed by atoms with van der Waals surface area (Å²) in [5.41, 5.74) is 0.236. The van der Waals surface area contributed by atoms with Crippen molar-refractivity contribution in [2.24, 2.45) is 13.0 Å². The van der Waals surface area contributed by atoms with Gasteiger partial charge in [-0.2, -0.15) is 10.2 Å². The molecule has 0 aromatic carbocycles. The van der Waals surface area contributed by atoms with Gasteiger partial charge in [-0.05, 0) is 26.7 Å². The fourth-order valence-corrected chi connectivity index (χ4v) is 3.44. The zero-order valence-corrected chi connectivity index (χ0v) is 16.1. The van der Waals surface area contributed by atoms with E-state index in [-0.39, 0.29) is 17.2 Å². The molecular weight excluding hydrogens is 348 g/mol. The number of unbranched alkanes of at least 4 members (excludes halogenated alkanes) is 1. The summed E-state index contributed by atoms with van der Waals surface area (Å²) in [6.07, 6.45) is 2.25. The largest absolute Gasteiger partial charge is 0.361 e. The predicted molar refractivity (Wildman–Crippen MR) is 102 cm³/mol. The lowest BCUT2D eigenvalue weighted by molar-refractivity contribution is 0.148. The Balaban J connectivity index is 1.92. The highest BCUT2D eigenvalue weighted by Gasteiger charge is 2.27. The summed E-state index contributed by atoms with van der Waals surface area (Å²) in [4.78, 5) is 32.2. The molecule has 3 rings (SSSR count). The van der Waals surface area contributed by atoms with E-state index in [4.69, 9.17) is 10.00 Å². The summed E-state index contributed by atoms with van der Waals surface area (Å²) in [5.74, 6) is 0.660. The fourth-order valence-electron chi connectivity index (χ4n) is 3.44. The van der Waals surface area contributed by atoms with E-state index in [0.29, 0.717) is 50.0 Å². The molecule has 2 aromatic heterocycles. The van der Waals surface area contributed by atoms with Gasteiger partial charge in [-0.15, -0.1) is 0 Å². The van der Waals surface area contributed by atoms with E-state index in [1.54, 1.807) is 7.05 Å². The Morgan fingerprint density at radius 1 is 1.30 bits per heavy atom. The molecule has 1 aliphatic heterocycles. The van der Waals surface area contributed by atoms with Crippen molar-refractivity contribution in [2.45, 2.75) is 46.2 Å². The molecule has 9 heteroatoms. The summed E-state index contributed by atoms with van der Waals surface area (Å²) in [6.45, 7) is 6.55. The smallest absolute Gasteiger partial charge is 0.332 e. The van der Waals surface area contributed by atoms with E-state index in [9.17, 15) is 9.59 Å². The molecule has 1 atom stereocenters. The van der Waals surface area contributed by atoms with E-state index in [1.807, 2.05) is 23.3 Å². The van der Waals surface area contributed by atoms with Crippen LogP contribution in [0.2, 0.25) is 0 Å². The maximum Gasteiger partial charge on any atom is 0.332 e. The van der Waals surface area contributed by atoms with Gasteiger partial charge in [0, 0.05) is 39.2 Å². The van der Waals surface area contributed by atoms with Gasteiger partial charge in [-0.1, -0.05) is 6.42 Å². The molecule has 0 unspecified atom stereocenters. The third-order valence-corrected chi connectivity index (χ3v) is 5.03. The third-order valence-electron chi connectivity index (χ3n) is 5.03. The zero-order chi connectivity index (χ0) is 19.6. The summed E-state index contributed by atoms with van der Waals surface area (Å²) < 4.78 is 10.1. The van der Waals surface area contributed by atoms with Crippen molar-refractivity contribution in [3.05, 3.63) is 20.8 Å². The predicted octanol–water partition coefficient (Wildman–Crippen LogP) is 1.04. The summed E-state index contributed by atoms with van der Waals surface area (Å²) >= 11 is 0. The SMILES string of the molecule is CCOCN1CCn2c1nc1c2c(=O)n(CCCC[C@@H](C)C#N)c(=O)n1C. The van der Waals surface area contributed by atoms with Crippen LogP contribution >= 0.6 is 0 Å². The number of hydrogen-bond acceptors (Lipinski definition) is 6. The number of fused-ring (bicyclic) bond motifs is 3. The number of nitrogens with zero attached hydrogens (tertiary/aromatic N) is 6. The van der Waals surface area contributed by atoms with Crippen LogP contribution in [-0.2, 0) is 24.9 Å². The molecule has 9 nitrogen and oxygen atoms in total. The van der Waals surface area contributed by atoms with Crippen LogP contribution in [0.1, 0.15) is 33.1 Å². The van der Waals surface area contributed by atoms with Crippen molar-refractivity contribution in [3.8, 4) is 6.07 Å². The molecule has 0 radical (unpaired) electrons. The first kappa shape index (κ1) is 19.2. The van der Waals surface area contributed by atoms with Crippen LogP contribution in [0.25, 0.3) is 11.2 Å². The van der Waals surface area contributed by atoms with Crippen molar-refractivity contribution in [1.82, 2.24) is 18.7 Å². The number of nitriles is 1. The number of aromatic nitrogens is 4. The molecule has 0 bridgehead atoms. The normalized spacial score (nSPS) is 14.5. The molecule has 1 aliphatic rings. The van der Waals surface area contributed by atoms with E-state index < -0.39 is 0 Å². The second-order valence-electron chi connectivity index (χ2n) is 6.95. The van der Waals surface area contributed by atoms with Crippen LogP contribution in [-0.4, -0.2) is 38.6 Å². The molecule has 0 saturated heterocycles. The Hall–Kier alpha value is -2.60. The van der Waals surface area contributed by atoms with Gasteiger partial charge in [0.15, 0.2) is 11.2 Å². The minimum atomic E-state index is -0.353. The van der Waals surface area contributed by atoms with E-state index >= 15 is 0 Å². The van der Waals surface area contributed by atoms with Crippen LogP contribution in [0.5, 0.6) is 0 Å². The first-order valence-electron chi connectivity index (χ1n) is 9.42. The van der Waals surface area contributed by atoms with E-state index in [2.05, 4.69) is 11.1 Å². The highest BCUT2D eigenvalue weighted by molar-refractivity contribution is 5.75. The standard InChI is InChI=1S/C18H26N6O3/c1-4-27-12-22-9-10-23-14-15(20-17(22)23)21(3)18(26)24(16(14)25)8-6-5-7-13(2)11-19/h13H,4-10,12H2,1-3H3/t13-/m1/s1. The van der Waals surface area contributed by atoms with Crippen molar-refractivity contribution in [2.75, 3.05) is 24.8 Å². The van der Waals surface area contributed by atoms with Crippen molar-refractivity contribution < 1.29 is 4.74 Å². The van der Waals surface area contributed by atoms with Gasteiger partial charge >= 0.3 is 5.69 Å². The van der Waals surface area contributed by atoms with Gasteiger partial charge < -0.3 is 14.2 Å². The molecular formula is C18H26N6O3. The lowest BCUT2D eigenvalue weighted by Gasteiger charge is -2.14. The maximum absolute atomic E-state index is 13.0. The average Bonchev–Trinajstić information content (AvgIpc) is 3.23. The Kier molecular flexibility index (Phi) is 5.65. The monoisotopic (exact) mass is 374 g/mol. The van der Waals surface area contributed by atoms with Crippen LogP contribution in [0.3, 0.4) is 0 Å². The van der Waals surface area contributed by atoms with Crippen LogP contribution < -0.4 is 16.1 Å². The first-order chi connectivity index (χ1) is 13.0. The molecule has 0 spiro atoms. The average molecular weight is 374 g/mol. The quantitative estimate of drug-likeness (QED) is 0.640. The molecule has 2 aromatic rings. The van der Waals surface area contributed by atoms with Crippen LogP contribution in [0, 0.1) is 17.2 Å². The third kappa shape index (κ3) is 3.49. The molecule has 0 amide bonds. The Morgan fingerprint density at radius 3 is 2.78 bits per heavy atom. The highest BCUT2D eigenvalue weighted by Crippen LogP contribution is 2.24. The van der Waals surface area contributed by atoms with Gasteiger partial charge in [0.05, 0.1) is 6.07 Å². The number of anilines is 1. The molecule has 0 saturated carbocycles. The molecule has 0 N–H and O–H groups in total. The lowest BCUT2D eigenvalue weighted by atomic mass is 10.1. The number of ether oxygens (including phenoxy) is 1. The van der Waals surface area contributed by atoms with E-state index in [0.717, 1.165) is 19.4 Å². The van der Waals surface area contributed by atoms with Crippen molar-refractivity contribution in [1.29, 1.82) is 5.26 Å². The van der Waals surface area contributed by atoms with Crippen molar-refractivity contribution >= 4 is 17.1 Å². The number of rotatable bonds is 8. The molecule has 0 fully saturated rings. The van der Waals surface area contributed by atoms with Gasteiger partial charge in [-0.3, -0.25) is 13.9 Å². The van der Waals surface area contributed by atoms with Crippen LogP contribution in [0.15, 0.2) is 9.59 Å². The second-order valence-corrected chi connectivity index (χ2v) is 6.95. The summed E-state index contributed by atoms with van der Waals surface area (Å²) in [6, 6.07) is 2.20. The first-order valence-corrected chi connectivity index (χ1v) is 9.42. The number of imidazole rings is 1. The minimum absolute atomic E-state index is 0.0125. The number of hydrogen-bond donors (Lipinski definition) is 0. The zero-order valence-electron chi connectivity index (χ0n) is 16.1. The maximum atomic E-state index is 13.0. The van der Waals surface area contributed by atoms with E-state index in [1.165, 1.54) is 9.13 Å². The Bertz CT molecular complexity index is 980. The molecule has 3 heterocycles. The minimum Gasteiger partial charge on any atom is -0.361 e. The fraction of sp³-hybridized carbons (Fsp3) is 0.667. The Morgan fingerprint density at radius 2 is 2.07 bits per heavy atom. The summed E-state index contributed by atoms with van der Waals surface area (Å²) in [7, 11) is 1.65. The van der Waals surface area contributed by atoms with Gasteiger partial charge in [0.1, 0.15) is 6.73 Å². The molecule has 0 aliphatic carbocycles. The lowest BCUT2D eigenvalue weighted by Crippen LogP contribution is -2.39. The Labute approximate surface area is 157 Å². The number of aryl methyl sites for hydroxylation is 1. The van der Waals surface area contributed by atoms with Crippen molar-refractivity contribution in [3.63, 3.8) is 0 Å². The summed E-state index contributed by atoms with van der Waals surface area (Å²) in [5, 5.41) is 8.85. The van der Waals surface area contributed by atoms with Gasteiger partial charge in [0.25, 0.3) is 5.56 Å². The van der Waals surface area contributed by atoms with Gasteiger partial charge in [-0.25, -0.2) is 4.79 Å². The topological polar surface area (TPSA) is 98.1 Å². The van der Waals surface area contributed by atoms with Gasteiger partial charge in [0.2, 0.25) is 5.95 Å².